The van der Waals surface area contributed by atoms with E-state index in [1.165, 1.54) is 49.3 Å². The van der Waals surface area contributed by atoms with Crippen LogP contribution in [0.25, 0.3) is 28.1 Å². The van der Waals surface area contributed by atoms with Gasteiger partial charge in [0.2, 0.25) is 0 Å². The summed E-state index contributed by atoms with van der Waals surface area (Å²) in [6.07, 6.45) is 9.79. The molecular weight excluding hydrogens is 437 g/mol. The van der Waals surface area contributed by atoms with Crippen molar-refractivity contribution in [2.75, 3.05) is 0 Å². The minimum atomic E-state index is -0.184. The van der Waals surface area contributed by atoms with E-state index >= 15 is 0 Å². The Balaban J connectivity index is 1.76. The standard InChI is InChI=1S/C31H30FNS/c1-4-25-27(30-10-7-19-34-30)18-14-23(22-12-15-24(32)16-13-22)20-21(2)11-17-28-26-8-5-6-9-29(26)33(3)31(25)28/h5-13,15-17,19-20,23H,4,14,18H2,1-3H3/b17-11-,21-20+,27-25-. The number of para-hydroxylation sites is 1. The van der Waals surface area contributed by atoms with Crippen molar-refractivity contribution in [3.8, 4) is 0 Å². The van der Waals surface area contributed by atoms with E-state index in [1.54, 1.807) is 12.1 Å². The molecule has 0 aliphatic heterocycles. The molecule has 1 aliphatic rings. The van der Waals surface area contributed by atoms with Crippen LogP contribution in [0.3, 0.4) is 0 Å². The average molecular weight is 468 g/mol. The van der Waals surface area contributed by atoms with Crippen molar-refractivity contribution in [3.63, 3.8) is 0 Å². The van der Waals surface area contributed by atoms with E-state index in [9.17, 15) is 4.39 Å². The highest BCUT2D eigenvalue weighted by atomic mass is 32.1. The minimum Gasteiger partial charge on any atom is -0.343 e. The predicted molar refractivity (Wildman–Crippen MR) is 146 cm³/mol. The molecule has 0 fully saturated rings. The molecule has 0 radical (unpaired) electrons. The maximum Gasteiger partial charge on any atom is 0.123 e. The van der Waals surface area contributed by atoms with E-state index in [0.717, 1.165) is 19.3 Å². The molecule has 1 aliphatic carbocycles. The molecule has 0 bridgehead atoms. The first kappa shape index (κ1) is 22.6. The van der Waals surface area contributed by atoms with E-state index in [0.29, 0.717) is 0 Å². The number of thiophene rings is 1. The van der Waals surface area contributed by atoms with Crippen molar-refractivity contribution in [3.05, 3.63) is 111 Å². The zero-order chi connectivity index (χ0) is 23.7. The number of hydrogen-bond acceptors (Lipinski definition) is 1. The van der Waals surface area contributed by atoms with Crippen LogP contribution in [0.2, 0.25) is 0 Å². The number of fused-ring (bicyclic) bond motifs is 3. The number of nitrogens with zero attached hydrogens (tertiary/aromatic N) is 1. The lowest BCUT2D eigenvalue weighted by Crippen LogP contribution is -2.02. The molecule has 3 heteroatoms. The van der Waals surface area contributed by atoms with Gasteiger partial charge in [0, 0.05) is 34.3 Å². The van der Waals surface area contributed by atoms with Gasteiger partial charge >= 0.3 is 0 Å². The molecule has 2 aromatic heterocycles. The van der Waals surface area contributed by atoms with Crippen LogP contribution in [-0.2, 0) is 7.05 Å². The largest absolute Gasteiger partial charge is 0.343 e. The first-order valence-electron chi connectivity index (χ1n) is 12.0. The zero-order valence-corrected chi connectivity index (χ0v) is 20.8. The second-order valence-corrected chi connectivity index (χ2v) is 10.0. The van der Waals surface area contributed by atoms with Gasteiger partial charge in [0.25, 0.3) is 0 Å². The molecule has 34 heavy (non-hydrogen) atoms. The molecule has 2 aromatic carbocycles. The molecular formula is C31H30FNS. The third kappa shape index (κ3) is 4.21. The summed E-state index contributed by atoms with van der Waals surface area (Å²) in [6.45, 7) is 4.44. The van der Waals surface area contributed by atoms with Crippen molar-refractivity contribution >= 4 is 39.5 Å². The monoisotopic (exact) mass is 467 g/mol. The summed E-state index contributed by atoms with van der Waals surface area (Å²) in [7, 11) is 2.19. The van der Waals surface area contributed by atoms with Crippen LogP contribution >= 0.6 is 11.3 Å². The predicted octanol–water partition coefficient (Wildman–Crippen LogP) is 9.24. The van der Waals surface area contributed by atoms with Gasteiger partial charge in [-0.05, 0) is 72.5 Å². The first-order chi connectivity index (χ1) is 16.6. The fourth-order valence-corrected chi connectivity index (χ4v) is 6.13. The van der Waals surface area contributed by atoms with Gasteiger partial charge in [-0.3, -0.25) is 0 Å². The summed E-state index contributed by atoms with van der Waals surface area (Å²) in [5.74, 6) is 0.0482. The van der Waals surface area contributed by atoms with Crippen LogP contribution in [0.5, 0.6) is 0 Å². The highest BCUT2D eigenvalue weighted by Crippen LogP contribution is 2.41. The van der Waals surface area contributed by atoms with E-state index in [1.807, 2.05) is 23.5 Å². The molecule has 1 nitrogen and oxygen atoms in total. The molecule has 1 unspecified atom stereocenters. The Labute approximate surface area is 205 Å². The normalized spacial score (nSPS) is 21.5. The third-order valence-corrected chi connectivity index (χ3v) is 7.88. The minimum absolute atomic E-state index is 0.184. The molecule has 0 saturated heterocycles. The van der Waals surface area contributed by atoms with E-state index < -0.39 is 0 Å². The van der Waals surface area contributed by atoms with Crippen molar-refractivity contribution in [1.29, 1.82) is 0 Å². The van der Waals surface area contributed by atoms with Crippen LogP contribution < -0.4 is 0 Å². The van der Waals surface area contributed by atoms with Crippen LogP contribution in [0.15, 0.2) is 83.8 Å². The maximum atomic E-state index is 13.6. The summed E-state index contributed by atoms with van der Waals surface area (Å²) in [5, 5.41) is 3.46. The van der Waals surface area contributed by atoms with E-state index in [2.05, 4.69) is 85.5 Å². The number of aromatic nitrogens is 1. The summed E-state index contributed by atoms with van der Waals surface area (Å²) in [5.41, 5.74) is 9.10. The smallest absolute Gasteiger partial charge is 0.123 e. The summed E-state index contributed by atoms with van der Waals surface area (Å²) in [4.78, 5) is 1.34. The Hall–Kier alpha value is -3.17. The van der Waals surface area contributed by atoms with Gasteiger partial charge in [-0.2, -0.15) is 0 Å². The topological polar surface area (TPSA) is 4.93 Å². The summed E-state index contributed by atoms with van der Waals surface area (Å²) in [6, 6.07) is 20.1. The fraction of sp³-hybridized carbons (Fsp3) is 0.226. The van der Waals surface area contributed by atoms with Gasteiger partial charge in [-0.1, -0.05) is 67.1 Å². The number of allylic oxidation sites excluding steroid dienone is 5. The van der Waals surface area contributed by atoms with Crippen molar-refractivity contribution < 1.29 is 4.39 Å². The van der Waals surface area contributed by atoms with Gasteiger partial charge < -0.3 is 4.57 Å². The number of hydrogen-bond donors (Lipinski definition) is 0. The Morgan fingerprint density at radius 1 is 1.00 bits per heavy atom. The van der Waals surface area contributed by atoms with Crippen molar-refractivity contribution in [1.82, 2.24) is 4.57 Å². The number of rotatable bonds is 3. The summed E-state index contributed by atoms with van der Waals surface area (Å²) >= 11 is 1.82. The van der Waals surface area contributed by atoms with Crippen LogP contribution in [0.4, 0.5) is 4.39 Å². The Kier molecular flexibility index (Phi) is 6.38. The molecule has 4 aromatic rings. The van der Waals surface area contributed by atoms with Crippen LogP contribution in [-0.4, -0.2) is 4.57 Å². The van der Waals surface area contributed by atoms with E-state index in [-0.39, 0.29) is 11.7 Å². The Morgan fingerprint density at radius 2 is 1.79 bits per heavy atom. The summed E-state index contributed by atoms with van der Waals surface area (Å²) < 4.78 is 16.0. The Bertz CT molecular complexity index is 1400. The highest BCUT2D eigenvalue weighted by Gasteiger charge is 2.22. The zero-order valence-electron chi connectivity index (χ0n) is 20.0. The van der Waals surface area contributed by atoms with E-state index in [4.69, 9.17) is 0 Å². The van der Waals surface area contributed by atoms with Crippen molar-refractivity contribution in [2.45, 2.75) is 39.0 Å². The van der Waals surface area contributed by atoms with Gasteiger partial charge in [-0.25, -0.2) is 4.39 Å². The number of aryl methyl sites for hydroxylation is 1. The second kappa shape index (κ2) is 9.60. The molecule has 1 atom stereocenters. The van der Waals surface area contributed by atoms with Crippen LogP contribution in [0.1, 0.15) is 60.7 Å². The lowest BCUT2D eigenvalue weighted by molar-refractivity contribution is 0.625. The van der Waals surface area contributed by atoms with Gasteiger partial charge in [0.05, 0.1) is 5.69 Å². The van der Waals surface area contributed by atoms with Crippen molar-refractivity contribution in [2.24, 2.45) is 7.05 Å². The second-order valence-electron chi connectivity index (χ2n) is 9.07. The first-order valence-corrected chi connectivity index (χ1v) is 12.9. The van der Waals surface area contributed by atoms with Gasteiger partial charge in [-0.15, -0.1) is 11.3 Å². The molecule has 0 saturated carbocycles. The molecule has 172 valence electrons. The number of halogens is 1. The lowest BCUT2D eigenvalue weighted by Gasteiger charge is -2.19. The molecule has 2 heterocycles. The van der Waals surface area contributed by atoms with Gasteiger partial charge in [0.15, 0.2) is 0 Å². The Morgan fingerprint density at radius 3 is 2.53 bits per heavy atom. The van der Waals surface area contributed by atoms with Gasteiger partial charge in [0.1, 0.15) is 5.82 Å². The molecule has 0 N–H and O–H groups in total. The number of benzene rings is 2. The average Bonchev–Trinajstić information content (AvgIpc) is 3.47. The molecule has 0 spiro atoms. The van der Waals surface area contributed by atoms with Crippen LogP contribution in [0, 0.1) is 5.82 Å². The SMILES string of the molecule is CC/C1=C(/c2cccs2)CCC(c2ccc(F)cc2)/C=C(C)/C=C\c2c1n(C)c1ccccc21. The quantitative estimate of drug-likeness (QED) is 0.283. The lowest BCUT2D eigenvalue weighted by atomic mass is 9.88. The molecule has 0 amide bonds. The third-order valence-electron chi connectivity index (χ3n) is 6.95. The molecule has 5 rings (SSSR count). The maximum absolute atomic E-state index is 13.6. The highest BCUT2D eigenvalue weighted by molar-refractivity contribution is 7.11. The fourth-order valence-electron chi connectivity index (χ4n) is 5.30.